The summed E-state index contributed by atoms with van der Waals surface area (Å²) in [4.78, 5) is 11.8. The van der Waals surface area contributed by atoms with Gasteiger partial charge in [0.1, 0.15) is 0 Å². The molecule has 86 valence electrons. The van der Waals surface area contributed by atoms with Crippen LogP contribution >= 0.6 is 0 Å². The summed E-state index contributed by atoms with van der Waals surface area (Å²) in [6.45, 7) is 0.751. The van der Waals surface area contributed by atoms with Gasteiger partial charge in [0.05, 0.1) is 23.9 Å². The van der Waals surface area contributed by atoms with Crippen molar-refractivity contribution in [3.63, 3.8) is 0 Å². The zero-order valence-electron chi connectivity index (χ0n) is 8.72. The number of aromatic nitrogens is 2. The number of carbonyl (C=O) groups is 1. The fraction of sp³-hybridized carbons (Fsp3) is 0.600. The van der Waals surface area contributed by atoms with E-state index in [0.717, 1.165) is 13.0 Å². The highest BCUT2D eigenvalue weighted by Gasteiger charge is 2.52. The van der Waals surface area contributed by atoms with Crippen molar-refractivity contribution in [1.82, 2.24) is 15.5 Å². The Morgan fingerprint density at radius 3 is 3.31 bits per heavy atom. The molecule has 6 nitrogen and oxygen atoms in total. The predicted octanol–water partition coefficient (Wildman–Crippen LogP) is -0.746. The number of aromatic amines is 1. The monoisotopic (exact) mass is 222 g/mol. The fourth-order valence-electron chi connectivity index (χ4n) is 2.54. The number of hydrogen-bond donors (Lipinski definition) is 3. The average molecular weight is 222 g/mol. The molecule has 1 aliphatic heterocycles. The summed E-state index contributed by atoms with van der Waals surface area (Å²) in [6.07, 6.45) is 4.16. The van der Waals surface area contributed by atoms with E-state index < -0.39 is 0 Å². The van der Waals surface area contributed by atoms with E-state index in [-0.39, 0.29) is 24.1 Å². The highest BCUT2D eigenvalue weighted by Crippen LogP contribution is 2.37. The van der Waals surface area contributed by atoms with Gasteiger partial charge in [-0.1, -0.05) is 0 Å². The minimum atomic E-state index is -0.150. The summed E-state index contributed by atoms with van der Waals surface area (Å²) in [5, 5.41) is 9.23. The number of H-pyrrole nitrogens is 1. The van der Waals surface area contributed by atoms with Crippen molar-refractivity contribution < 1.29 is 9.53 Å². The Morgan fingerprint density at radius 1 is 1.69 bits per heavy atom. The second-order valence-electron chi connectivity index (χ2n) is 4.35. The first-order valence-electron chi connectivity index (χ1n) is 5.44. The molecule has 2 aliphatic rings. The van der Waals surface area contributed by atoms with Gasteiger partial charge in [-0.05, 0) is 6.42 Å². The molecule has 1 aromatic heterocycles. The van der Waals surface area contributed by atoms with Gasteiger partial charge in [0, 0.05) is 24.8 Å². The van der Waals surface area contributed by atoms with E-state index >= 15 is 0 Å². The molecular weight excluding hydrogens is 208 g/mol. The lowest BCUT2D eigenvalue weighted by Crippen LogP contribution is -2.68. The molecular formula is C10H14N4O2. The highest BCUT2D eigenvalue weighted by molar-refractivity contribution is 5.94. The molecule has 3 rings (SSSR count). The Morgan fingerprint density at radius 2 is 2.56 bits per heavy atom. The first-order valence-corrected chi connectivity index (χ1v) is 5.44. The quantitative estimate of drug-likeness (QED) is 0.614. The first kappa shape index (κ1) is 9.80. The summed E-state index contributed by atoms with van der Waals surface area (Å²) in [5.74, 6) is 0.262. The van der Waals surface area contributed by atoms with Gasteiger partial charge in [-0.2, -0.15) is 5.10 Å². The van der Waals surface area contributed by atoms with E-state index in [0.29, 0.717) is 11.5 Å². The summed E-state index contributed by atoms with van der Waals surface area (Å²) < 4.78 is 5.53. The molecule has 0 aromatic carbocycles. The first-order chi connectivity index (χ1) is 7.77. The molecule has 2 fully saturated rings. The zero-order chi connectivity index (χ0) is 11.1. The second kappa shape index (κ2) is 3.57. The van der Waals surface area contributed by atoms with Crippen LogP contribution in [0.5, 0.6) is 0 Å². The smallest absolute Gasteiger partial charge is 0.254 e. The van der Waals surface area contributed by atoms with Crippen molar-refractivity contribution in [3.05, 3.63) is 18.0 Å². The molecule has 16 heavy (non-hydrogen) atoms. The van der Waals surface area contributed by atoms with Crippen LogP contribution in [0.3, 0.4) is 0 Å². The van der Waals surface area contributed by atoms with Crippen molar-refractivity contribution in [1.29, 1.82) is 0 Å². The molecule has 4 N–H and O–H groups in total. The second-order valence-corrected chi connectivity index (χ2v) is 4.35. The molecule has 4 atom stereocenters. The van der Waals surface area contributed by atoms with Crippen LogP contribution in [0.2, 0.25) is 0 Å². The number of nitrogens with two attached hydrogens (primary N) is 1. The van der Waals surface area contributed by atoms with Gasteiger partial charge in [-0.25, -0.2) is 0 Å². The molecule has 0 bridgehead atoms. The SMILES string of the molecule is NC1C2CCOC2C1NC(=O)c1cn[nH]c1. The van der Waals surface area contributed by atoms with Crippen LogP contribution < -0.4 is 11.1 Å². The summed E-state index contributed by atoms with van der Waals surface area (Å²) in [7, 11) is 0. The molecule has 2 heterocycles. The van der Waals surface area contributed by atoms with Crippen molar-refractivity contribution in [2.24, 2.45) is 11.7 Å². The van der Waals surface area contributed by atoms with E-state index in [1.54, 1.807) is 6.20 Å². The Balaban J connectivity index is 1.65. The molecule has 0 spiro atoms. The third-order valence-electron chi connectivity index (χ3n) is 3.50. The minimum Gasteiger partial charge on any atom is -0.376 e. The lowest BCUT2D eigenvalue weighted by atomic mass is 9.72. The van der Waals surface area contributed by atoms with Crippen LogP contribution in [0, 0.1) is 5.92 Å². The lowest BCUT2D eigenvalue weighted by molar-refractivity contribution is -0.0161. The van der Waals surface area contributed by atoms with E-state index in [2.05, 4.69) is 15.5 Å². The number of carbonyl (C=O) groups excluding carboxylic acids is 1. The zero-order valence-corrected chi connectivity index (χ0v) is 8.72. The number of fused-ring (bicyclic) bond motifs is 1. The number of nitrogens with one attached hydrogen (secondary N) is 2. The van der Waals surface area contributed by atoms with Gasteiger partial charge < -0.3 is 15.8 Å². The minimum absolute atomic E-state index is 0.0170. The molecule has 4 unspecified atom stereocenters. The molecule has 1 aromatic rings. The Kier molecular flexibility index (Phi) is 2.19. The maximum Gasteiger partial charge on any atom is 0.254 e. The summed E-state index contributed by atoms with van der Waals surface area (Å²) in [6, 6.07) is -0.0433. The van der Waals surface area contributed by atoms with Crippen molar-refractivity contribution >= 4 is 5.91 Å². The molecule has 1 saturated heterocycles. The standard InChI is InChI=1S/C10H14N4O2/c11-7-6-1-2-16-9(6)8(7)14-10(15)5-3-12-13-4-5/h3-4,6-9H,1-2,11H2,(H,12,13)(H,14,15). The van der Waals surface area contributed by atoms with Gasteiger partial charge in [0.2, 0.25) is 0 Å². The van der Waals surface area contributed by atoms with Crippen LogP contribution in [-0.2, 0) is 4.74 Å². The molecule has 0 radical (unpaired) electrons. The number of ether oxygens (including phenoxy) is 1. The van der Waals surface area contributed by atoms with Crippen LogP contribution in [0.4, 0.5) is 0 Å². The van der Waals surface area contributed by atoms with Gasteiger partial charge in [-0.3, -0.25) is 9.89 Å². The van der Waals surface area contributed by atoms with Gasteiger partial charge >= 0.3 is 0 Å². The van der Waals surface area contributed by atoms with Crippen LogP contribution in [0.15, 0.2) is 12.4 Å². The van der Waals surface area contributed by atoms with Crippen LogP contribution in [0.25, 0.3) is 0 Å². The summed E-state index contributed by atoms with van der Waals surface area (Å²) >= 11 is 0. The van der Waals surface area contributed by atoms with Crippen LogP contribution in [0.1, 0.15) is 16.8 Å². The van der Waals surface area contributed by atoms with Crippen molar-refractivity contribution in [2.75, 3.05) is 6.61 Å². The number of nitrogens with zero attached hydrogens (tertiary/aromatic N) is 1. The average Bonchev–Trinajstić information content (AvgIpc) is 2.94. The van der Waals surface area contributed by atoms with Gasteiger partial charge in [0.25, 0.3) is 5.91 Å². The lowest BCUT2D eigenvalue weighted by Gasteiger charge is -2.45. The predicted molar refractivity (Wildman–Crippen MR) is 55.7 cm³/mol. The molecule has 1 saturated carbocycles. The number of hydrogen-bond acceptors (Lipinski definition) is 4. The Bertz CT molecular complexity index is 392. The molecule has 1 amide bonds. The maximum absolute atomic E-state index is 11.8. The molecule has 1 aliphatic carbocycles. The molecule has 6 heteroatoms. The fourth-order valence-corrected chi connectivity index (χ4v) is 2.54. The van der Waals surface area contributed by atoms with E-state index in [1.165, 1.54) is 6.20 Å². The van der Waals surface area contributed by atoms with E-state index in [1.807, 2.05) is 0 Å². The Hall–Kier alpha value is -1.40. The van der Waals surface area contributed by atoms with E-state index in [9.17, 15) is 4.79 Å². The van der Waals surface area contributed by atoms with Crippen molar-refractivity contribution in [2.45, 2.75) is 24.6 Å². The van der Waals surface area contributed by atoms with Crippen molar-refractivity contribution in [3.8, 4) is 0 Å². The largest absolute Gasteiger partial charge is 0.376 e. The van der Waals surface area contributed by atoms with Gasteiger partial charge in [-0.15, -0.1) is 0 Å². The van der Waals surface area contributed by atoms with E-state index in [4.69, 9.17) is 10.5 Å². The third kappa shape index (κ3) is 1.34. The number of rotatable bonds is 2. The topological polar surface area (TPSA) is 93.0 Å². The third-order valence-corrected chi connectivity index (χ3v) is 3.50. The highest BCUT2D eigenvalue weighted by atomic mass is 16.5. The number of amides is 1. The summed E-state index contributed by atoms with van der Waals surface area (Å²) in [5.41, 5.74) is 6.51. The normalized spacial score (nSPS) is 36.6. The van der Waals surface area contributed by atoms with Gasteiger partial charge in [0.15, 0.2) is 0 Å². The Labute approximate surface area is 92.5 Å². The maximum atomic E-state index is 11.8. The van der Waals surface area contributed by atoms with Crippen LogP contribution in [-0.4, -0.2) is 40.9 Å².